The summed E-state index contributed by atoms with van der Waals surface area (Å²) in [5.41, 5.74) is 6.17. The van der Waals surface area contributed by atoms with Crippen LogP contribution < -0.4 is 19.1 Å². The number of aromatic nitrogens is 2. The second kappa shape index (κ2) is 18.3. The van der Waals surface area contributed by atoms with Gasteiger partial charge in [0.25, 0.3) is 21.6 Å². The molecule has 4 heterocycles. The van der Waals surface area contributed by atoms with Gasteiger partial charge in [-0.15, -0.1) is 0 Å². The lowest BCUT2D eigenvalue weighted by Gasteiger charge is -2.39. The number of nitrogens with one attached hydrogen (secondary N) is 2. The van der Waals surface area contributed by atoms with Crippen LogP contribution in [0.2, 0.25) is 5.02 Å². The number of carbonyl (C=O) groups is 1. The Labute approximate surface area is 392 Å². The third-order valence-corrected chi connectivity index (χ3v) is 15.9. The van der Waals surface area contributed by atoms with Crippen LogP contribution in [0, 0.1) is 32.8 Å². The second-order valence-corrected chi connectivity index (χ2v) is 22.5. The highest BCUT2D eigenvalue weighted by Crippen LogP contribution is 2.45. The molecule has 4 aliphatic rings. The molecule has 2 aliphatic carbocycles. The van der Waals surface area contributed by atoms with Crippen LogP contribution in [0.5, 0.6) is 17.2 Å². The molecule has 3 aromatic carbocycles. The van der Waals surface area contributed by atoms with Gasteiger partial charge in [0.2, 0.25) is 0 Å². The summed E-state index contributed by atoms with van der Waals surface area (Å²) in [6.07, 6.45) is 12.4. The number of nitro groups is 1. The number of rotatable bonds is 12. The SMILES string of the molecule is CC1(C)CCC(C[C@H]2COc3cc(S(=O)(=O)NC(=O)c4ccc(N5CCN(CC6=C(c7ccc(Cl)cc7)CC(C)(C)CC6)CC5)cc4Oc4cnc5[nH]ccc5c4)cc([N+](=O)[O-])c3C2)CC1. The molecular formula is C51H59ClN6O7S. The average molecular weight is 936 g/mol. The molecule has 13 nitrogen and oxygen atoms in total. The number of piperazine rings is 1. The number of hydrogen-bond donors (Lipinski definition) is 2. The summed E-state index contributed by atoms with van der Waals surface area (Å²) >= 11 is 6.26. The number of hydrogen-bond acceptors (Lipinski definition) is 10. The van der Waals surface area contributed by atoms with Gasteiger partial charge in [-0.2, -0.15) is 0 Å². The van der Waals surface area contributed by atoms with Gasteiger partial charge in [-0.1, -0.05) is 57.0 Å². The zero-order valence-corrected chi connectivity index (χ0v) is 39.8. The Kier molecular flexibility index (Phi) is 12.7. The van der Waals surface area contributed by atoms with Gasteiger partial charge in [0, 0.05) is 73.2 Å². The smallest absolute Gasteiger partial charge is 0.277 e. The first-order valence-electron chi connectivity index (χ1n) is 23.2. The number of fused-ring (bicyclic) bond motifs is 2. The monoisotopic (exact) mass is 934 g/mol. The largest absolute Gasteiger partial charge is 0.493 e. The van der Waals surface area contributed by atoms with Crippen LogP contribution in [0.1, 0.15) is 101 Å². The molecule has 9 rings (SSSR count). The van der Waals surface area contributed by atoms with Gasteiger partial charge < -0.3 is 19.4 Å². The van der Waals surface area contributed by atoms with E-state index in [2.05, 4.69) is 64.3 Å². The lowest BCUT2D eigenvalue weighted by atomic mass is 9.70. The van der Waals surface area contributed by atoms with Crippen LogP contribution in [-0.2, 0) is 16.4 Å². The summed E-state index contributed by atoms with van der Waals surface area (Å²) in [6.45, 7) is 13.6. The minimum Gasteiger partial charge on any atom is -0.493 e. The van der Waals surface area contributed by atoms with Gasteiger partial charge in [0.15, 0.2) is 0 Å². The first-order valence-corrected chi connectivity index (χ1v) is 25.0. The molecule has 15 heteroatoms. The summed E-state index contributed by atoms with van der Waals surface area (Å²) in [6, 6.07) is 19.3. The maximum absolute atomic E-state index is 14.1. The Morgan fingerprint density at radius 2 is 1.73 bits per heavy atom. The quantitative estimate of drug-likeness (QED) is 0.0910. The Balaban J connectivity index is 0.929. The molecule has 0 bridgehead atoms. The molecule has 0 unspecified atom stereocenters. The Morgan fingerprint density at radius 1 is 0.970 bits per heavy atom. The second-order valence-electron chi connectivity index (χ2n) is 20.4. The molecule has 0 spiro atoms. The van der Waals surface area contributed by atoms with E-state index < -0.39 is 25.7 Å². The van der Waals surface area contributed by atoms with Crippen molar-refractivity contribution >= 4 is 55.5 Å². The number of nitro benzene ring substituents is 1. The lowest BCUT2D eigenvalue weighted by Crippen LogP contribution is -2.47. The summed E-state index contributed by atoms with van der Waals surface area (Å²) in [5.74, 6) is 0.309. The molecule has 1 saturated heterocycles. The molecule has 2 aromatic heterocycles. The van der Waals surface area contributed by atoms with Crippen molar-refractivity contribution in [1.29, 1.82) is 0 Å². The maximum Gasteiger partial charge on any atom is 0.277 e. The third kappa shape index (κ3) is 10.3. The van der Waals surface area contributed by atoms with Crippen molar-refractivity contribution in [3.8, 4) is 17.2 Å². The molecule has 2 fully saturated rings. The molecule has 5 aromatic rings. The number of ether oxygens (including phenoxy) is 2. The van der Waals surface area contributed by atoms with E-state index in [1.54, 1.807) is 30.5 Å². The molecule has 1 amide bonds. The zero-order chi connectivity index (χ0) is 46.4. The first-order chi connectivity index (χ1) is 31.5. The number of allylic oxidation sites excluding steroid dienone is 1. The average Bonchev–Trinajstić information content (AvgIpc) is 3.76. The normalized spacial score (nSPS) is 20.1. The maximum atomic E-state index is 14.1. The zero-order valence-electron chi connectivity index (χ0n) is 38.2. The molecule has 2 aliphatic heterocycles. The number of benzene rings is 3. The summed E-state index contributed by atoms with van der Waals surface area (Å²) in [4.78, 5) is 37.8. The number of pyridine rings is 1. The fourth-order valence-corrected chi connectivity index (χ4v) is 11.5. The highest BCUT2D eigenvalue weighted by Gasteiger charge is 2.35. The summed E-state index contributed by atoms with van der Waals surface area (Å²) in [7, 11) is -4.62. The molecule has 2 N–H and O–H groups in total. The van der Waals surface area contributed by atoms with Crippen LogP contribution in [-0.4, -0.2) is 73.4 Å². The standard InChI is InChI=1S/C51H59ClN6O7S/c1-50(2)15-11-33(12-16-50)23-34-24-43-45(58(60)61)27-41(28-46(43)64-32-34)66(62,63)55-49(59)42-10-9-39(26-47(42)65-40-25-36-14-18-53-48(36)54-30-40)57-21-19-56(20-22-57)31-37-13-17-51(3,4)29-44(37)35-5-7-38(52)8-6-35/h5-10,14,18,25-28,30,33-34H,11-13,15-17,19-24,29,31-32H2,1-4H3,(H,53,54)(H,55,59)/t34-/m1/s1. The van der Waals surface area contributed by atoms with Crippen LogP contribution in [0.15, 0.2) is 89.6 Å². The van der Waals surface area contributed by atoms with Crippen LogP contribution in [0.3, 0.4) is 0 Å². The third-order valence-electron chi connectivity index (χ3n) is 14.3. The molecule has 348 valence electrons. The first kappa shape index (κ1) is 45.7. The minimum absolute atomic E-state index is 0.0327. The number of sulfonamides is 1. The van der Waals surface area contributed by atoms with E-state index in [0.29, 0.717) is 41.3 Å². The van der Waals surface area contributed by atoms with Gasteiger partial charge in [-0.3, -0.25) is 19.8 Å². The van der Waals surface area contributed by atoms with Crippen molar-refractivity contribution in [2.24, 2.45) is 22.7 Å². The molecule has 1 saturated carbocycles. The van der Waals surface area contributed by atoms with Gasteiger partial charge >= 0.3 is 0 Å². The van der Waals surface area contributed by atoms with Crippen molar-refractivity contribution in [3.63, 3.8) is 0 Å². The van der Waals surface area contributed by atoms with E-state index in [-0.39, 0.29) is 34.1 Å². The van der Waals surface area contributed by atoms with E-state index in [0.717, 1.165) is 106 Å². The van der Waals surface area contributed by atoms with E-state index >= 15 is 0 Å². The predicted octanol–water partition coefficient (Wildman–Crippen LogP) is 11.0. The highest BCUT2D eigenvalue weighted by molar-refractivity contribution is 7.90. The predicted molar refractivity (Wildman–Crippen MR) is 258 cm³/mol. The van der Waals surface area contributed by atoms with E-state index in [9.17, 15) is 23.3 Å². The van der Waals surface area contributed by atoms with Crippen LogP contribution in [0.25, 0.3) is 16.6 Å². The van der Waals surface area contributed by atoms with E-state index in [4.69, 9.17) is 21.1 Å². The van der Waals surface area contributed by atoms with Gasteiger partial charge in [0.1, 0.15) is 22.9 Å². The minimum atomic E-state index is -4.62. The van der Waals surface area contributed by atoms with Gasteiger partial charge in [-0.25, -0.2) is 18.1 Å². The lowest BCUT2D eigenvalue weighted by molar-refractivity contribution is -0.386. The van der Waals surface area contributed by atoms with Crippen molar-refractivity contribution in [3.05, 3.63) is 117 Å². The van der Waals surface area contributed by atoms with Gasteiger partial charge in [-0.05, 0) is 128 Å². The summed E-state index contributed by atoms with van der Waals surface area (Å²) in [5, 5.41) is 14.0. The highest BCUT2D eigenvalue weighted by atomic mass is 35.5. The fraction of sp³-hybridized carbons (Fsp3) is 0.451. The van der Waals surface area contributed by atoms with Crippen LogP contribution >= 0.6 is 11.6 Å². The molecular weight excluding hydrogens is 876 g/mol. The Morgan fingerprint density at radius 3 is 2.47 bits per heavy atom. The van der Waals surface area contributed by atoms with E-state index in [1.165, 1.54) is 29.0 Å². The summed E-state index contributed by atoms with van der Waals surface area (Å²) < 4.78 is 42.6. The van der Waals surface area contributed by atoms with Crippen molar-refractivity contribution < 1.29 is 27.6 Å². The topological polar surface area (TPSA) is 160 Å². The van der Waals surface area contributed by atoms with E-state index in [1.807, 2.05) is 18.2 Å². The number of halogens is 1. The van der Waals surface area contributed by atoms with Crippen molar-refractivity contribution in [1.82, 2.24) is 19.6 Å². The number of aromatic amines is 1. The number of nitrogens with zero attached hydrogens (tertiary/aromatic N) is 4. The van der Waals surface area contributed by atoms with Crippen molar-refractivity contribution in [2.75, 3.05) is 44.2 Å². The van der Waals surface area contributed by atoms with Crippen molar-refractivity contribution in [2.45, 2.75) is 90.4 Å². The number of carbonyl (C=O) groups excluding carboxylic acids is 1. The molecule has 66 heavy (non-hydrogen) atoms. The van der Waals surface area contributed by atoms with Gasteiger partial charge in [0.05, 0.1) is 33.7 Å². The molecule has 1 atom stereocenters. The molecule has 0 radical (unpaired) electrons. The van der Waals surface area contributed by atoms with Crippen LogP contribution in [0.4, 0.5) is 11.4 Å². The fourth-order valence-electron chi connectivity index (χ4n) is 10.3. The Bertz CT molecular complexity index is 2790. The number of amides is 1. The number of H-pyrrole nitrogens is 1. The Hall–Kier alpha value is -5.44. The number of anilines is 1.